The predicted molar refractivity (Wildman–Crippen MR) is 78.3 cm³/mol. The van der Waals surface area contributed by atoms with Crippen molar-refractivity contribution in [3.8, 4) is 0 Å². The van der Waals surface area contributed by atoms with Crippen LogP contribution in [0.15, 0.2) is 27.8 Å². The first-order valence-corrected chi connectivity index (χ1v) is 8.12. The van der Waals surface area contributed by atoms with Crippen LogP contribution in [-0.4, -0.2) is 31.8 Å². The van der Waals surface area contributed by atoms with Crippen LogP contribution in [0.3, 0.4) is 0 Å². The van der Waals surface area contributed by atoms with Crippen molar-refractivity contribution in [2.45, 2.75) is 24.8 Å². The van der Waals surface area contributed by atoms with Crippen LogP contribution in [0.5, 0.6) is 0 Å². The smallest absolute Gasteiger partial charge is 0.244 e. The molecule has 2 rings (SSSR count). The molecule has 0 spiro atoms. The van der Waals surface area contributed by atoms with Crippen LogP contribution in [0.25, 0.3) is 0 Å². The molecule has 2 aromatic heterocycles. The van der Waals surface area contributed by atoms with Gasteiger partial charge in [0.15, 0.2) is 0 Å². The normalized spacial score (nSPS) is 12.0. The van der Waals surface area contributed by atoms with Crippen LogP contribution in [0.4, 0.5) is 0 Å². The van der Waals surface area contributed by atoms with Gasteiger partial charge in [-0.3, -0.25) is 4.68 Å². The fourth-order valence-corrected chi connectivity index (χ4v) is 3.29. The average molecular weight is 312 g/mol. The summed E-state index contributed by atoms with van der Waals surface area (Å²) in [4.78, 5) is 0.193. The molecule has 0 radical (unpaired) electrons. The third kappa shape index (κ3) is 3.93. The van der Waals surface area contributed by atoms with E-state index in [1.807, 2.05) is 13.2 Å². The Morgan fingerprint density at radius 3 is 2.81 bits per heavy atom. The van der Waals surface area contributed by atoms with Gasteiger partial charge in [-0.05, 0) is 26.0 Å². The van der Waals surface area contributed by atoms with Gasteiger partial charge in [0.05, 0.1) is 12.7 Å². The van der Waals surface area contributed by atoms with Gasteiger partial charge >= 0.3 is 0 Å². The highest BCUT2D eigenvalue weighted by Gasteiger charge is 2.20. The SMILES string of the molecule is CNCc1cc(S(=O)(=O)NCCc2cnn(C)c2)c(C)o1. The molecule has 2 N–H and O–H groups in total. The van der Waals surface area contributed by atoms with Gasteiger partial charge in [-0.25, -0.2) is 13.1 Å². The Kier molecular flexibility index (Phi) is 4.81. The lowest BCUT2D eigenvalue weighted by Gasteiger charge is -2.04. The van der Waals surface area contributed by atoms with E-state index in [-0.39, 0.29) is 4.90 Å². The molecular formula is C13H20N4O3S. The number of hydrogen-bond acceptors (Lipinski definition) is 5. The van der Waals surface area contributed by atoms with E-state index in [9.17, 15) is 8.42 Å². The van der Waals surface area contributed by atoms with E-state index in [1.54, 1.807) is 30.9 Å². The van der Waals surface area contributed by atoms with Gasteiger partial charge in [-0.15, -0.1) is 0 Å². The zero-order valence-corrected chi connectivity index (χ0v) is 13.2. The molecular weight excluding hydrogens is 292 g/mol. The molecule has 0 saturated carbocycles. The van der Waals surface area contributed by atoms with Crippen molar-refractivity contribution in [2.24, 2.45) is 7.05 Å². The van der Waals surface area contributed by atoms with Crippen molar-refractivity contribution >= 4 is 10.0 Å². The van der Waals surface area contributed by atoms with E-state index in [2.05, 4.69) is 15.1 Å². The summed E-state index contributed by atoms with van der Waals surface area (Å²) >= 11 is 0. The summed E-state index contributed by atoms with van der Waals surface area (Å²) in [7, 11) is 0.0506. The number of furan rings is 1. The van der Waals surface area contributed by atoms with E-state index < -0.39 is 10.0 Å². The van der Waals surface area contributed by atoms with Gasteiger partial charge in [-0.2, -0.15) is 5.10 Å². The van der Waals surface area contributed by atoms with Gasteiger partial charge in [0.2, 0.25) is 10.0 Å². The molecule has 0 amide bonds. The van der Waals surface area contributed by atoms with Crippen LogP contribution in [0, 0.1) is 6.92 Å². The van der Waals surface area contributed by atoms with Crippen molar-refractivity contribution in [1.82, 2.24) is 19.8 Å². The standard InChI is InChI=1S/C13H20N4O3S/c1-10-13(6-12(20-10)8-14-2)21(18,19)16-5-4-11-7-15-17(3)9-11/h6-7,9,14,16H,4-5,8H2,1-3H3. The van der Waals surface area contributed by atoms with Crippen LogP contribution in [0.1, 0.15) is 17.1 Å². The minimum Gasteiger partial charge on any atom is -0.464 e. The van der Waals surface area contributed by atoms with Crippen LogP contribution >= 0.6 is 0 Å². The van der Waals surface area contributed by atoms with Crippen molar-refractivity contribution < 1.29 is 12.8 Å². The molecule has 0 aliphatic rings. The lowest BCUT2D eigenvalue weighted by molar-refractivity contribution is 0.465. The van der Waals surface area contributed by atoms with Crippen LogP contribution in [0.2, 0.25) is 0 Å². The highest BCUT2D eigenvalue weighted by molar-refractivity contribution is 7.89. The summed E-state index contributed by atoms with van der Waals surface area (Å²) in [5.74, 6) is 0.997. The van der Waals surface area contributed by atoms with Crippen molar-refractivity contribution in [1.29, 1.82) is 0 Å². The molecule has 2 aromatic rings. The molecule has 0 aliphatic carbocycles. The second kappa shape index (κ2) is 6.42. The summed E-state index contributed by atoms with van der Waals surface area (Å²) in [5, 5.41) is 6.97. The third-order valence-electron chi connectivity index (χ3n) is 3.03. The zero-order valence-electron chi connectivity index (χ0n) is 12.4. The molecule has 0 aromatic carbocycles. The minimum absolute atomic E-state index is 0.193. The minimum atomic E-state index is -3.55. The van der Waals surface area contributed by atoms with Gasteiger partial charge in [-0.1, -0.05) is 0 Å². The lowest BCUT2D eigenvalue weighted by Crippen LogP contribution is -2.26. The summed E-state index contributed by atoms with van der Waals surface area (Å²) in [6.45, 7) is 2.46. The molecule has 0 saturated heterocycles. The monoisotopic (exact) mass is 312 g/mol. The Hall–Kier alpha value is -1.64. The number of hydrogen-bond donors (Lipinski definition) is 2. The van der Waals surface area contributed by atoms with E-state index in [0.717, 1.165) is 5.56 Å². The largest absolute Gasteiger partial charge is 0.464 e. The van der Waals surface area contributed by atoms with Crippen molar-refractivity contribution in [2.75, 3.05) is 13.6 Å². The van der Waals surface area contributed by atoms with Gasteiger partial charge < -0.3 is 9.73 Å². The maximum atomic E-state index is 12.3. The average Bonchev–Trinajstić information content (AvgIpc) is 2.96. The summed E-state index contributed by atoms with van der Waals surface area (Å²) < 4.78 is 34.2. The highest BCUT2D eigenvalue weighted by Crippen LogP contribution is 2.19. The molecule has 0 bridgehead atoms. The quantitative estimate of drug-likeness (QED) is 0.780. The van der Waals surface area contributed by atoms with E-state index in [0.29, 0.717) is 31.0 Å². The number of nitrogens with zero attached hydrogens (tertiary/aromatic N) is 2. The molecule has 8 heteroatoms. The van der Waals surface area contributed by atoms with Gasteiger partial charge in [0.25, 0.3) is 0 Å². The van der Waals surface area contributed by atoms with Crippen LogP contribution in [-0.2, 0) is 30.0 Å². The van der Waals surface area contributed by atoms with Crippen molar-refractivity contribution in [3.63, 3.8) is 0 Å². The molecule has 0 unspecified atom stereocenters. The fourth-order valence-electron chi connectivity index (χ4n) is 2.06. The molecule has 0 atom stereocenters. The number of rotatable bonds is 7. The Morgan fingerprint density at radius 2 is 2.19 bits per heavy atom. The van der Waals surface area contributed by atoms with Gasteiger partial charge in [0, 0.05) is 25.9 Å². The predicted octanol–water partition coefficient (Wildman–Crippen LogP) is 0.562. The Labute approximate surface area is 124 Å². The first-order valence-electron chi connectivity index (χ1n) is 6.63. The molecule has 7 nitrogen and oxygen atoms in total. The molecule has 0 fully saturated rings. The molecule has 116 valence electrons. The maximum absolute atomic E-state index is 12.3. The van der Waals surface area contributed by atoms with E-state index in [4.69, 9.17) is 4.42 Å². The topological polar surface area (TPSA) is 89.2 Å². The summed E-state index contributed by atoms with van der Waals surface area (Å²) in [6, 6.07) is 1.55. The van der Waals surface area contributed by atoms with Crippen molar-refractivity contribution in [3.05, 3.63) is 35.5 Å². The van der Waals surface area contributed by atoms with Gasteiger partial charge in [0.1, 0.15) is 16.4 Å². The number of aromatic nitrogens is 2. The number of nitrogens with one attached hydrogen (secondary N) is 2. The second-order valence-corrected chi connectivity index (χ2v) is 6.57. The maximum Gasteiger partial charge on any atom is 0.244 e. The number of aryl methyl sites for hydroxylation is 2. The highest BCUT2D eigenvalue weighted by atomic mass is 32.2. The zero-order chi connectivity index (χ0) is 15.5. The van der Waals surface area contributed by atoms with E-state index >= 15 is 0 Å². The summed E-state index contributed by atoms with van der Waals surface area (Å²) in [6.07, 6.45) is 4.18. The van der Waals surface area contributed by atoms with E-state index in [1.165, 1.54) is 0 Å². The summed E-state index contributed by atoms with van der Waals surface area (Å²) in [5.41, 5.74) is 0.986. The second-order valence-electron chi connectivity index (χ2n) is 4.83. The number of sulfonamides is 1. The first kappa shape index (κ1) is 15.7. The Balaban J connectivity index is 2.01. The Bertz CT molecular complexity index is 703. The Morgan fingerprint density at radius 1 is 1.43 bits per heavy atom. The first-order chi connectivity index (χ1) is 9.92. The molecule has 0 aliphatic heterocycles. The lowest BCUT2D eigenvalue weighted by atomic mass is 10.3. The van der Waals surface area contributed by atoms with Crippen LogP contribution < -0.4 is 10.0 Å². The molecule has 2 heterocycles. The molecule has 21 heavy (non-hydrogen) atoms. The third-order valence-corrected chi connectivity index (χ3v) is 4.60. The fraction of sp³-hybridized carbons (Fsp3) is 0.462.